The number of anilines is 2. The molecule has 146 valence electrons. The van der Waals surface area contributed by atoms with Gasteiger partial charge in [-0.25, -0.2) is 4.79 Å². The number of alkyl halides is 3. The second-order valence-corrected chi connectivity index (χ2v) is 5.85. The van der Waals surface area contributed by atoms with Gasteiger partial charge in [0.05, 0.1) is 30.5 Å². The lowest BCUT2D eigenvalue weighted by Crippen LogP contribution is -2.10. The van der Waals surface area contributed by atoms with E-state index in [1.807, 2.05) is 0 Å². The van der Waals surface area contributed by atoms with Gasteiger partial charge in [-0.3, -0.25) is 4.98 Å². The van der Waals surface area contributed by atoms with E-state index in [1.54, 1.807) is 31.2 Å². The number of pyridine rings is 1. The molecule has 1 aromatic heterocycles. The Kier molecular flexibility index (Phi) is 5.39. The minimum absolute atomic E-state index is 0.110. The highest BCUT2D eigenvalue weighted by Gasteiger charge is 2.31. The summed E-state index contributed by atoms with van der Waals surface area (Å²) in [5, 5.41) is 3.46. The Balaban J connectivity index is 2.13. The number of ether oxygens (including phenoxy) is 2. The summed E-state index contributed by atoms with van der Waals surface area (Å²) >= 11 is 0. The molecular weight excluding hydrogens is 373 g/mol. The number of hydrogen-bond donors (Lipinski definition) is 1. The number of benzene rings is 2. The van der Waals surface area contributed by atoms with E-state index in [0.29, 0.717) is 22.5 Å². The van der Waals surface area contributed by atoms with E-state index in [2.05, 4.69) is 10.3 Å². The van der Waals surface area contributed by atoms with E-state index in [4.69, 9.17) is 9.47 Å². The lowest BCUT2D eigenvalue weighted by Gasteiger charge is -2.15. The van der Waals surface area contributed by atoms with Crippen LogP contribution in [0.3, 0.4) is 0 Å². The third-order valence-corrected chi connectivity index (χ3v) is 4.05. The van der Waals surface area contributed by atoms with Gasteiger partial charge in [0.25, 0.3) is 0 Å². The number of methoxy groups -OCH3 is 1. The minimum atomic E-state index is -4.49. The topological polar surface area (TPSA) is 60.5 Å². The molecule has 0 fully saturated rings. The number of nitrogens with one attached hydrogen (secondary N) is 1. The largest absolute Gasteiger partial charge is 0.497 e. The molecule has 2 aromatic carbocycles. The van der Waals surface area contributed by atoms with Crippen molar-refractivity contribution in [2.75, 3.05) is 19.0 Å². The van der Waals surface area contributed by atoms with Crippen LogP contribution < -0.4 is 10.1 Å². The van der Waals surface area contributed by atoms with Crippen molar-refractivity contribution in [1.82, 2.24) is 4.98 Å². The molecule has 28 heavy (non-hydrogen) atoms. The normalized spacial score (nSPS) is 11.3. The predicted molar refractivity (Wildman–Crippen MR) is 99.0 cm³/mol. The number of aromatic nitrogens is 1. The van der Waals surface area contributed by atoms with Gasteiger partial charge < -0.3 is 14.8 Å². The summed E-state index contributed by atoms with van der Waals surface area (Å²) < 4.78 is 49.2. The first kappa shape index (κ1) is 19.5. The number of halogens is 3. The molecule has 3 rings (SSSR count). The first-order valence-corrected chi connectivity index (χ1v) is 8.41. The summed E-state index contributed by atoms with van der Waals surface area (Å²) in [6.45, 7) is 1.82. The Labute approximate surface area is 159 Å². The first-order chi connectivity index (χ1) is 13.3. The smallest absolute Gasteiger partial charge is 0.416 e. The summed E-state index contributed by atoms with van der Waals surface area (Å²) in [7, 11) is 1.54. The lowest BCUT2D eigenvalue weighted by atomic mass is 10.1. The molecule has 0 aliphatic carbocycles. The summed E-state index contributed by atoms with van der Waals surface area (Å²) in [5.41, 5.74) is 0.372. The lowest BCUT2D eigenvalue weighted by molar-refractivity contribution is -0.137. The SMILES string of the molecule is CCOC(=O)c1cnc2cc(C(F)(F)F)ccc2c1Nc1ccc(OC)cc1. The van der Waals surface area contributed by atoms with E-state index in [-0.39, 0.29) is 17.7 Å². The van der Waals surface area contributed by atoms with Crippen LogP contribution in [0.2, 0.25) is 0 Å². The van der Waals surface area contributed by atoms with Crippen molar-refractivity contribution in [2.24, 2.45) is 0 Å². The first-order valence-electron chi connectivity index (χ1n) is 8.41. The highest BCUT2D eigenvalue weighted by molar-refractivity contribution is 6.06. The third kappa shape index (κ3) is 4.00. The van der Waals surface area contributed by atoms with Crippen LogP contribution in [0.15, 0.2) is 48.7 Å². The Morgan fingerprint density at radius 3 is 2.46 bits per heavy atom. The summed E-state index contributed by atoms with van der Waals surface area (Å²) in [5.74, 6) is 0.0263. The van der Waals surface area contributed by atoms with E-state index in [9.17, 15) is 18.0 Å². The molecule has 3 aromatic rings. The van der Waals surface area contributed by atoms with E-state index >= 15 is 0 Å². The fourth-order valence-corrected chi connectivity index (χ4v) is 2.69. The van der Waals surface area contributed by atoms with E-state index < -0.39 is 17.7 Å². The second-order valence-electron chi connectivity index (χ2n) is 5.85. The Hall–Kier alpha value is -3.29. The molecule has 0 saturated carbocycles. The molecule has 0 aliphatic heterocycles. The zero-order chi connectivity index (χ0) is 20.3. The van der Waals surface area contributed by atoms with Gasteiger partial charge in [0.15, 0.2) is 0 Å². The van der Waals surface area contributed by atoms with Gasteiger partial charge >= 0.3 is 12.1 Å². The van der Waals surface area contributed by atoms with Crippen LogP contribution in [-0.4, -0.2) is 24.7 Å². The average molecular weight is 390 g/mol. The van der Waals surface area contributed by atoms with E-state index in [1.165, 1.54) is 19.4 Å². The number of carbonyl (C=O) groups excluding carboxylic acids is 1. The second kappa shape index (κ2) is 7.75. The van der Waals surface area contributed by atoms with Crippen molar-refractivity contribution in [3.05, 3.63) is 59.8 Å². The summed E-state index contributed by atoms with van der Waals surface area (Å²) in [4.78, 5) is 16.4. The van der Waals surface area contributed by atoms with Crippen molar-refractivity contribution in [3.63, 3.8) is 0 Å². The number of carbonyl (C=O) groups is 1. The molecule has 8 heteroatoms. The maximum absolute atomic E-state index is 13.0. The van der Waals surface area contributed by atoms with Crippen molar-refractivity contribution in [3.8, 4) is 5.75 Å². The van der Waals surface area contributed by atoms with Gasteiger partial charge in [0.1, 0.15) is 11.3 Å². The Morgan fingerprint density at radius 1 is 1.14 bits per heavy atom. The van der Waals surface area contributed by atoms with Gasteiger partial charge in [0.2, 0.25) is 0 Å². The number of fused-ring (bicyclic) bond motifs is 1. The van der Waals surface area contributed by atoms with Gasteiger partial charge in [-0.1, -0.05) is 6.07 Å². The van der Waals surface area contributed by atoms with Crippen molar-refractivity contribution in [2.45, 2.75) is 13.1 Å². The Morgan fingerprint density at radius 2 is 1.86 bits per heavy atom. The highest BCUT2D eigenvalue weighted by atomic mass is 19.4. The molecule has 5 nitrogen and oxygen atoms in total. The summed E-state index contributed by atoms with van der Waals surface area (Å²) in [6, 6.07) is 10.1. The maximum Gasteiger partial charge on any atom is 0.416 e. The van der Waals surface area contributed by atoms with Crippen molar-refractivity contribution in [1.29, 1.82) is 0 Å². The molecule has 0 atom stereocenters. The molecule has 0 amide bonds. The molecule has 1 N–H and O–H groups in total. The number of rotatable bonds is 5. The van der Waals surface area contributed by atoms with Gasteiger partial charge in [-0.05, 0) is 43.3 Å². The molecule has 0 saturated heterocycles. The van der Waals surface area contributed by atoms with Crippen LogP contribution in [0.4, 0.5) is 24.5 Å². The van der Waals surface area contributed by atoms with Crippen molar-refractivity contribution < 1.29 is 27.4 Å². The Bertz CT molecular complexity index is 1000. The standard InChI is InChI=1S/C20H17F3N2O3/c1-3-28-19(26)16-11-24-17-10-12(20(21,22)23)4-9-15(17)18(16)25-13-5-7-14(27-2)8-6-13/h4-11H,3H2,1-2H3,(H,24,25). The molecule has 0 bridgehead atoms. The highest BCUT2D eigenvalue weighted by Crippen LogP contribution is 2.35. The van der Waals surface area contributed by atoms with Crippen LogP contribution in [0.25, 0.3) is 10.9 Å². The van der Waals surface area contributed by atoms with Crippen molar-refractivity contribution >= 4 is 28.2 Å². The zero-order valence-electron chi connectivity index (χ0n) is 15.1. The minimum Gasteiger partial charge on any atom is -0.497 e. The number of esters is 1. The van der Waals surface area contributed by atoms with Crippen LogP contribution in [-0.2, 0) is 10.9 Å². The van der Waals surface area contributed by atoms with Crippen LogP contribution in [0.5, 0.6) is 5.75 Å². The van der Waals surface area contributed by atoms with Crippen LogP contribution in [0.1, 0.15) is 22.8 Å². The fraction of sp³-hybridized carbons (Fsp3) is 0.200. The van der Waals surface area contributed by atoms with Gasteiger partial charge in [-0.2, -0.15) is 13.2 Å². The summed E-state index contributed by atoms with van der Waals surface area (Å²) in [6.07, 6.45) is -3.27. The molecule has 1 heterocycles. The third-order valence-electron chi connectivity index (χ3n) is 4.05. The van der Waals surface area contributed by atoms with Gasteiger partial charge in [-0.15, -0.1) is 0 Å². The molecular formula is C20H17F3N2O3. The van der Waals surface area contributed by atoms with E-state index in [0.717, 1.165) is 12.1 Å². The van der Waals surface area contributed by atoms with Crippen LogP contribution in [0, 0.1) is 0 Å². The average Bonchev–Trinajstić information content (AvgIpc) is 2.67. The quantitative estimate of drug-likeness (QED) is 0.608. The predicted octanol–water partition coefficient (Wildman–Crippen LogP) is 5.18. The molecule has 0 spiro atoms. The number of hydrogen-bond acceptors (Lipinski definition) is 5. The number of nitrogens with zero attached hydrogens (tertiary/aromatic N) is 1. The monoisotopic (exact) mass is 390 g/mol. The molecule has 0 aliphatic rings. The molecule has 0 radical (unpaired) electrons. The van der Waals surface area contributed by atoms with Gasteiger partial charge in [0, 0.05) is 17.3 Å². The fourth-order valence-electron chi connectivity index (χ4n) is 2.69. The zero-order valence-corrected chi connectivity index (χ0v) is 15.1. The van der Waals surface area contributed by atoms with Crippen LogP contribution >= 0.6 is 0 Å². The molecule has 0 unspecified atom stereocenters. The maximum atomic E-state index is 13.0.